The summed E-state index contributed by atoms with van der Waals surface area (Å²) < 4.78 is 11.0. The number of benzene rings is 2. The summed E-state index contributed by atoms with van der Waals surface area (Å²) in [7, 11) is 1.65. The molecule has 1 heterocycles. The molecule has 1 aliphatic rings. The Morgan fingerprint density at radius 1 is 0.864 bits per heavy atom. The summed E-state index contributed by atoms with van der Waals surface area (Å²) in [6.45, 7) is 1.87. The number of allylic oxidation sites excluding steroid dienone is 2. The molecule has 0 amide bonds. The molecule has 2 aromatic carbocycles. The lowest BCUT2D eigenvalue weighted by atomic mass is 10.2. The van der Waals surface area contributed by atoms with Crippen molar-refractivity contribution in [1.29, 1.82) is 0 Å². The molecule has 0 aliphatic carbocycles. The second kappa shape index (κ2) is 6.85. The van der Waals surface area contributed by atoms with Crippen LogP contribution in [0.15, 0.2) is 73.0 Å². The molecule has 22 heavy (non-hydrogen) atoms. The number of hydrogen-bond donors (Lipinski definition) is 0. The van der Waals surface area contributed by atoms with Gasteiger partial charge >= 0.3 is 0 Å². The maximum atomic E-state index is 5.83. The monoisotopic (exact) mass is 293 g/mol. The van der Waals surface area contributed by atoms with Crippen LogP contribution in [0.3, 0.4) is 0 Å². The van der Waals surface area contributed by atoms with Crippen LogP contribution in [-0.2, 0) is 6.54 Å². The molecule has 0 bridgehead atoms. The normalized spacial score (nSPS) is 13.2. The highest BCUT2D eigenvalue weighted by molar-refractivity contribution is 5.36. The highest BCUT2D eigenvalue weighted by Crippen LogP contribution is 2.24. The maximum absolute atomic E-state index is 5.83. The van der Waals surface area contributed by atoms with Gasteiger partial charge in [0.15, 0.2) is 0 Å². The fourth-order valence-corrected chi connectivity index (χ4v) is 2.30. The number of methoxy groups -OCH3 is 1. The molecule has 0 radical (unpaired) electrons. The molecular weight excluding hydrogens is 274 g/mol. The summed E-state index contributed by atoms with van der Waals surface area (Å²) in [6.07, 6.45) is 8.40. The Bertz CT molecular complexity index is 657. The van der Waals surface area contributed by atoms with Crippen molar-refractivity contribution in [2.75, 3.05) is 13.7 Å². The van der Waals surface area contributed by atoms with Gasteiger partial charge in [0.2, 0.25) is 0 Å². The van der Waals surface area contributed by atoms with Crippen LogP contribution in [0, 0.1) is 0 Å². The van der Waals surface area contributed by atoms with Crippen molar-refractivity contribution in [3.63, 3.8) is 0 Å². The molecule has 0 saturated heterocycles. The minimum atomic E-state index is 0.803. The average Bonchev–Trinajstić information content (AvgIpc) is 2.58. The Balaban J connectivity index is 1.60. The lowest BCUT2D eigenvalue weighted by Crippen LogP contribution is -2.17. The van der Waals surface area contributed by atoms with Crippen LogP contribution in [-0.4, -0.2) is 18.6 Å². The van der Waals surface area contributed by atoms with Gasteiger partial charge in [-0.2, -0.15) is 0 Å². The van der Waals surface area contributed by atoms with Crippen molar-refractivity contribution in [1.82, 2.24) is 4.90 Å². The van der Waals surface area contributed by atoms with Gasteiger partial charge in [0.25, 0.3) is 0 Å². The zero-order chi connectivity index (χ0) is 15.2. The smallest absolute Gasteiger partial charge is 0.127 e. The predicted molar refractivity (Wildman–Crippen MR) is 88.2 cm³/mol. The van der Waals surface area contributed by atoms with Crippen molar-refractivity contribution in [2.24, 2.45) is 0 Å². The van der Waals surface area contributed by atoms with E-state index in [4.69, 9.17) is 9.47 Å². The van der Waals surface area contributed by atoms with Gasteiger partial charge < -0.3 is 14.4 Å². The van der Waals surface area contributed by atoms with Crippen LogP contribution >= 0.6 is 0 Å². The van der Waals surface area contributed by atoms with E-state index in [1.54, 1.807) is 7.11 Å². The Morgan fingerprint density at radius 2 is 1.50 bits per heavy atom. The van der Waals surface area contributed by atoms with Crippen molar-refractivity contribution in [3.8, 4) is 17.2 Å². The van der Waals surface area contributed by atoms with E-state index in [-0.39, 0.29) is 0 Å². The Kier molecular flexibility index (Phi) is 4.44. The van der Waals surface area contributed by atoms with Crippen LogP contribution in [0.1, 0.15) is 5.56 Å². The largest absolute Gasteiger partial charge is 0.497 e. The van der Waals surface area contributed by atoms with Gasteiger partial charge in [0, 0.05) is 13.1 Å². The maximum Gasteiger partial charge on any atom is 0.127 e. The zero-order valence-electron chi connectivity index (χ0n) is 12.6. The molecule has 3 heteroatoms. The van der Waals surface area contributed by atoms with Gasteiger partial charge in [-0.3, -0.25) is 0 Å². The first-order valence-corrected chi connectivity index (χ1v) is 7.32. The third-order valence-corrected chi connectivity index (χ3v) is 3.49. The Morgan fingerprint density at radius 3 is 2.09 bits per heavy atom. The van der Waals surface area contributed by atoms with Crippen molar-refractivity contribution < 1.29 is 9.47 Å². The number of ether oxygens (including phenoxy) is 2. The minimum Gasteiger partial charge on any atom is -0.497 e. The first-order chi connectivity index (χ1) is 10.8. The molecule has 2 aromatic rings. The number of nitrogens with zero attached hydrogens (tertiary/aromatic N) is 1. The molecule has 0 saturated carbocycles. The van der Waals surface area contributed by atoms with E-state index in [1.165, 1.54) is 5.56 Å². The topological polar surface area (TPSA) is 21.7 Å². The number of rotatable bonds is 5. The second-order valence-corrected chi connectivity index (χ2v) is 5.12. The lowest BCUT2D eigenvalue weighted by Gasteiger charge is -2.20. The molecule has 3 rings (SSSR count). The third kappa shape index (κ3) is 3.70. The quantitative estimate of drug-likeness (QED) is 0.817. The molecule has 0 aromatic heterocycles. The van der Waals surface area contributed by atoms with Crippen LogP contribution in [0.25, 0.3) is 0 Å². The highest BCUT2D eigenvalue weighted by atomic mass is 16.5. The summed E-state index contributed by atoms with van der Waals surface area (Å²) >= 11 is 0. The molecule has 0 atom stereocenters. The van der Waals surface area contributed by atoms with Crippen molar-refractivity contribution in [2.45, 2.75) is 6.54 Å². The van der Waals surface area contributed by atoms with Gasteiger partial charge in [-0.1, -0.05) is 24.3 Å². The van der Waals surface area contributed by atoms with Crippen LogP contribution in [0.2, 0.25) is 0 Å². The van der Waals surface area contributed by atoms with E-state index in [1.807, 2.05) is 36.4 Å². The fraction of sp³-hybridized carbons (Fsp3) is 0.158. The summed E-state index contributed by atoms with van der Waals surface area (Å²) in [5.41, 5.74) is 1.27. The predicted octanol–water partition coefficient (Wildman–Crippen LogP) is 4.37. The Labute approximate surface area is 131 Å². The first-order valence-electron chi connectivity index (χ1n) is 7.32. The van der Waals surface area contributed by atoms with Crippen LogP contribution in [0.4, 0.5) is 0 Å². The van der Waals surface area contributed by atoms with Crippen molar-refractivity contribution in [3.05, 3.63) is 78.5 Å². The van der Waals surface area contributed by atoms with Gasteiger partial charge in [-0.25, -0.2) is 0 Å². The molecule has 0 N–H and O–H groups in total. The van der Waals surface area contributed by atoms with E-state index in [0.29, 0.717) is 0 Å². The summed E-state index contributed by atoms with van der Waals surface area (Å²) in [5, 5.41) is 0. The second-order valence-electron chi connectivity index (χ2n) is 5.12. The zero-order valence-corrected chi connectivity index (χ0v) is 12.6. The summed E-state index contributed by atoms with van der Waals surface area (Å²) in [4.78, 5) is 2.26. The molecule has 0 fully saturated rings. The van der Waals surface area contributed by atoms with E-state index in [9.17, 15) is 0 Å². The third-order valence-electron chi connectivity index (χ3n) is 3.49. The van der Waals surface area contributed by atoms with Crippen LogP contribution in [0.5, 0.6) is 17.2 Å². The molecule has 3 nitrogen and oxygen atoms in total. The molecule has 1 aliphatic heterocycles. The van der Waals surface area contributed by atoms with Gasteiger partial charge in [0.1, 0.15) is 17.2 Å². The summed E-state index contributed by atoms with van der Waals surface area (Å²) in [6, 6.07) is 15.8. The van der Waals surface area contributed by atoms with Crippen molar-refractivity contribution >= 4 is 0 Å². The average molecular weight is 293 g/mol. The van der Waals surface area contributed by atoms with E-state index < -0.39 is 0 Å². The standard InChI is InChI=1S/C19H19NO2/c1-21-17-9-11-19(12-10-17)22-18-7-5-16(6-8-18)15-20-13-3-2-4-14-20/h2-13H,14-15H2,1H3. The molecule has 112 valence electrons. The molecule has 0 spiro atoms. The van der Waals surface area contributed by atoms with E-state index >= 15 is 0 Å². The van der Waals surface area contributed by atoms with E-state index in [0.717, 1.165) is 30.3 Å². The summed E-state index contributed by atoms with van der Waals surface area (Å²) in [5.74, 6) is 2.46. The van der Waals surface area contributed by atoms with Gasteiger partial charge in [0.05, 0.1) is 7.11 Å². The molecule has 0 unspecified atom stereocenters. The SMILES string of the molecule is COc1ccc(Oc2ccc(CN3C=CC=CC3)cc2)cc1. The minimum absolute atomic E-state index is 0.803. The fourth-order valence-electron chi connectivity index (χ4n) is 2.30. The highest BCUT2D eigenvalue weighted by Gasteiger charge is 2.03. The number of hydrogen-bond acceptors (Lipinski definition) is 3. The first kappa shape index (κ1) is 14.3. The van der Waals surface area contributed by atoms with Gasteiger partial charge in [-0.05, 0) is 54.2 Å². The van der Waals surface area contributed by atoms with E-state index in [2.05, 4.69) is 41.5 Å². The van der Waals surface area contributed by atoms with Crippen LogP contribution < -0.4 is 9.47 Å². The lowest BCUT2D eigenvalue weighted by molar-refractivity contribution is 0.405. The van der Waals surface area contributed by atoms with Gasteiger partial charge in [-0.15, -0.1) is 0 Å². The molecular formula is C19H19NO2. The Hall–Kier alpha value is -2.68.